The Balaban J connectivity index is 2.54. The van der Waals surface area contributed by atoms with Crippen LogP contribution in [0.15, 0.2) is 23.1 Å². The lowest BCUT2D eigenvalue weighted by Crippen LogP contribution is -2.15. The Morgan fingerprint density at radius 3 is 2.94 bits per heavy atom. The minimum absolute atomic E-state index is 0.266. The van der Waals surface area contributed by atoms with Crippen molar-refractivity contribution >= 4 is 38.6 Å². The predicted octanol–water partition coefficient (Wildman–Crippen LogP) is 1.68. The Kier molecular flexibility index (Phi) is 2.74. The third kappa shape index (κ3) is 1.71. The molecule has 2 aromatic rings. The number of H-pyrrole nitrogens is 1. The molecule has 0 unspecified atom stereocenters. The van der Waals surface area contributed by atoms with E-state index in [9.17, 15) is 9.59 Å². The van der Waals surface area contributed by atoms with Gasteiger partial charge >= 0.3 is 5.97 Å². The van der Waals surface area contributed by atoms with E-state index in [4.69, 9.17) is 0 Å². The summed E-state index contributed by atoms with van der Waals surface area (Å²) in [7, 11) is 1.17. The molecule has 5 nitrogen and oxygen atoms in total. The summed E-state index contributed by atoms with van der Waals surface area (Å²) in [6.45, 7) is 0. The molecule has 0 saturated carbocycles. The average Bonchev–Trinajstić information content (AvgIpc) is 2.69. The number of esters is 1. The number of halogens is 1. The third-order valence-electron chi connectivity index (χ3n) is 2.15. The Labute approximate surface area is 98.9 Å². The number of hydrogen-bond donors (Lipinski definition) is 1. The van der Waals surface area contributed by atoms with Crippen LogP contribution in [-0.4, -0.2) is 28.8 Å². The number of ketones is 1. The van der Waals surface area contributed by atoms with Gasteiger partial charge in [0.25, 0.3) is 5.78 Å². The number of methoxy groups -OCH3 is 1. The minimum atomic E-state index is -0.885. The molecule has 2 rings (SSSR count). The molecule has 0 aliphatic carbocycles. The normalized spacial score (nSPS) is 10.4. The van der Waals surface area contributed by atoms with E-state index >= 15 is 0 Å². The van der Waals surface area contributed by atoms with Gasteiger partial charge in [0.2, 0.25) is 0 Å². The molecule has 1 N–H and O–H groups in total. The quantitative estimate of drug-likeness (QED) is 0.394. The van der Waals surface area contributed by atoms with Crippen molar-refractivity contribution in [2.24, 2.45) is 0 Å². The van der Waals surface area contributed by atoms with Crippen LogP contribution in [0, 0.1) is 0 Å². The SMILES string of the molecule is COC(=O)C(=O)c1c[nH]c2cc(Br)ncc12. The zero-order valence-corrected chi connectivity index (χ0v) is 9.87. The highest BCUT2D eigenvalue weighted by atomic mass is 79.9. The molecule has 0 aromatic carbocycles. The lowest BCUT2D eigenvalue weighted by Gasteiger charge is -1.96. The number of aromatic nitrogens is 2. The van der Waals surface area contributed by atoms with Crippen molar-refractivity contribution in [3.63, 3.8) is 0 Å². The monoisotopic (exact) mass is 282 g/mol. The number of hydrogen-bond acceptors (Lipinski definition) is 4. The van der Waals surface area contributed by atoms with Gasteiger partial charge in [-0.2, -0.15) is 0 Å². The van der Waals surface area contributed by atoms with Gasteiger partial charge in [-0.1, -0.05) is 0 Å². The maximum atomic E-state index is 11.6. The molecule has 2 aromatic heterocycles. The highest BCUT2D eigenvalue weighted by Crippen LogP contribution is 2.20. The summed E-state index contributed by atoms with van der Waals surface area (Å²) < 4.78 is 5.03. The van der Waals surface area contributed by atoms with Crippen molar-refractivity contribution in [3.05, 3.63) is 28.6 Å². The minimum Gasteiger partial charge on any atom is -0.463 e. The number of nitrogens with one attached hydrogen (secondary N) is 1. The van der Waals surface area contributed by atoms with Gasteiger partial charge in [-0.15, -0.1) is 0 Å². The Morgan fingerprint density at radius 2 is 2.25 bits per heavy atom. The fourth-order valence-corrected chi connectivity index (χ4v) is 1.71. The molecule has 2 heterocycles. The van der Waals surface area contributed by atoms with Crippen LogP contribution >= 0.6 is 15.9 Å². The van der Waals surface area contributed by atoms with Gasteiger partial charge in [0.15, 0.2) is 0 Å². The summed E-state index contributed by atoms with van der Waals surface area (Å²) in [6.07, 6.45) is 2.99. The second-order valence-corrected chi connectivity index (χ2v) is 3.89. The number of fused-ring (bicyclic) bond motifs is 1. The van der Waals surface area contributed by atoms with Crippen molar-refractivity contribution in [1.82, 2.24) is 9.97 Å². The molecule has 0 radical (unpaired) electrons. The van der Waals surface area contributed by atoms with Gasteiger partial charge in [0, 0.05) is 17.8 Å². The molecule has 0 saturated heterocycles. The fraction of sp³-hybridized carbons (Fsp3) is 0.100. The number of ether oxygens (including phenoxy) is 1. The van der Waals surface area contributed by atoms with Crippen molar-refractivity contribution in [2.45, 2.75) is 0 Å². The van der Waals surface area contributed by atoms with E-state index in [2.05, 4.69) is 30.6 Å². The summed E-state index contributed by atoms with van der Waals surface area (Å²) in [6, 6.07) is 1.73. The van der Waals surface area contributed by atoms with Crippen LogP contribution in [0.5, 0.6) is 0 Å². The van der Waals surface area contributed by atoms with Gasteiger partial charge in [0.05, 0.1) is 18.2 Å². The van der Waals surface area contributed by atoms with E-state index in [1.807, 2.05) is 0 Å². The molecule has 0 amide bonds. The maximum absolute atomic E-state index is 11.6. The highest BCUT2D eigenvalue weighted by molar-refractivity contribution is 9.10. The van der Waals surface area contributed by atoms with Crippen molar-refractivity contribution in [3.8, 4) is 0 Å². The molecular formula is C10H7BrN2O3. The topological polar surface area (TPSA) is 72.1 Å². The molecule has 82 valence electrons. The molecule has 0 spiro atoms. The van der Waals surface area contributed by atoms with Crippen LogP contribution < -0.4 is 0 Å². The van der Waals surface area contributed by atoms with Crippen LogP contribution in [0.2, 0.25) is 0 Å². The maximum Gasteiger partial charge on any atom is 0.379 e. The lowest BCUT2D eigenvalue weighted by molar-refractivity contribution is -0.135. The molecule has 0 aliphatic heterocycles. The molecule has 16 heavy (non-hydrogen) atoms. The number of aromatic amines is 1. The van der Waals surface area contributed by atoms with E-state index in [0.717, 1.165) is 5.52 Å². The number of carbonyl (C=O) groups excluding carboxylic acids is 2. The first-order valence-corrected chi connectivity index (χ1v) is 5.18. The van der Waals surface area contributed by atoms with E-state index in [1.165, 1.54) is 19.5 Å². The van der Waals surface area contributed by atoms with E-state index in [-0.39, 0.29) is 5.56 Å². The molecular weight excluding hydrogens is 276 g/mol. The molecule has 0 bridgehead atoms. The van der Waals surface area contributed by atoms with Crippen LogP contribution in [0.4, 0.5) is 0 Å². The molecule has 0 aliphatic rings. The standard InChI is InChI=1S/C10H7BrN2O3/c1-16-10(15)9(14)6-4-12-7-2-8(11)13-3-5(6)7/h2-4,12H,1H3. The predicted molar refractivity (Wildman–Crippen MR) is 60.1 cm³/mol. The van der Waals surface area contributed by atoms with E-state index < -0.39 is 11.8 Å². The number of carbonyl (C=O) groups is 2. The van der Waals surface area contributed by atoms with Gasteiger partial charge in [-0.05, 0) is 22.0 Å². The second kappa shape index (κ2) is 4.05. The first kappa shape index (κ1) is 10.8. The van der Waals surface area contributed by atoms with E-state index in [0.29, 0.717) is 9.99 Å². The average molecular weight is 283 g/mol. The lowest BCUT2D eigenvalue weighted by atomic mass is 10.1. The van der Waals surface area contributed by atoms with Gasteiger partial charge < -0.3 is 9.72 Å². The fourth-order valence-electron chi connectivity index (χ4n) is 1.38. The second-order valence-electron chi connectivity index (χ2n) is 3.08. The third-order valence-corrected chi connectivity index (χ3v) is 2.58. The molecule has 0 atom stereocenters. The number of nitrogens with zero attached hydrogens (tertiary/aromatic N) is 1. The number of rotatable bonds is 2. The zero-order chi connectivity index (χ0) is 11.7. The smallest absolute Gasteiger partial charge is 0.379 e. The zero-order valence-electron chi connectivity index (χ0n) is 8.28. The Hall–Kier alpha value is -1.69. The molecule has 6 heteroatoms. The van der Waals surface area contributed by atoms with Gasteiger partial charge in [-0.25, -0.2) is 9.78 Å². The summed E-state index contributed by atoms with van der Waals surface area (Å²) in [4.78, 5) is 29.6. The number of pyridine rings is 1. The first-order valence-electron chi connectivity index (χ1n) is 4.38. The first-order chi connectivity index (χ1) is 7.63. The Bertz CT molecular complexity index is 576. The van der Waals surface area contributed by atoms with Crippen molar-refractivity contribution in [1.29, 1.82) is 0 Å². The summed E-state index contributed by atoms with van der Waals surface area (Å²) in [5.74, 6) is -1.57. The van der Waals surface area contributed by atoms with Crippen LogP contribution in [0.1, 0.15) is 10.4 Å². The Morgan fingerprint density at radius 1 is 1.50 bits per heavy atom. The van der Waals surface area contributed by atoms with Gasteiger partial charge in [0.1, 0.15) is 4.60 Å². The van der Waals surface area contributed by atoms with E-state index in [1.54, 1.807) is 6.07 Å². The van der Waals surface area contributed by atoms with Crippen molar-refractivity contribution < 1.29 is 14.3 Å². The largest absolute Gasteiger partial charge is 0.463 e. The molecule has 0 fully saturated rings. The number of Topliss-reactive ketones (excluding diaryl/α,β-unsaturated/α-hetero) is 1. The van der Waals surface area contributed by atoms with Crippen LogP contribution in [0.3, 0.4) is 0 Å². The summed E-state index contributed by atoms with van der Waals surface area (Å²) in [5, 5.41) is 0.596. The summed E-state index contributed by atoms with van der Waals surface area (Å²) in [5.41, 5.74) is 0.996. The summed E-state index contributed by atoms with van der Waals surface area (Å²) >= 11 is 3.21. The van der Waals surface area contributed by atoms with Crippen LogP contribution in [0.25, 0.3) is 10.9 Å². The highest BCUT2D eigenvalue weighted by Gasteiger charge is 2.20. The van der Waals surface area contributed by atoms with Gasteiger partial charge in [-0.3, -0.25) is 4.79 Å². The van der Waals surface area contributed by atoms with Crippen LogP contribution in [-0.2, 0) is 9.53 Å². The van der Waals surface area contributed by atoms with Crippen molar-refractivity contribution in [2.75, 3.05) is 7.11 Å².